The van der Waals surface area contributed by atoms with Crippen LogP contribution >= 0.6 is 22.9 Å². The normalized spacial score (nSPS) is 14.8. The first-order valence-electron chi connectivity index (χ1n) is 12.3. The van der Waals surface area contributed by atoms with Crippen molar-refractivity contribution in [2.75, 3.05) is 13.2 Å². The summed E-state index contributed by atoms with van der Waals surface area (Å²) in [5, 5.41) is 9.34. The summed E-state index contributed by atoms with van der Waals surface area (Å²) < 4.78 is 12.6. The van der Waals surface area contributed by atoms with Crippen LogP contribution in [0, 0.1) is 0 Å². The Hall–Kier alpha value is -4.47. The number of carbonyl (C=O) groups excluding carboxylic acids is 1. The van der Waals surface area contributed by atoms with Crippen LogP contribution in [0.1, 0.15) is 29.7 Å². The summed E-state index contributed by atoms with van der Waals surface area (Å²) in [5.74, 6) is -1.23. The van der Waals surface area contributed by atoms with Crippen LogP contribution in [-0.2, 0) is 14.3 Å². The molecule has 40 heavy (non-hydrogen) atoms. The van der Waals surface area contributed by atoms with Gasteiger partial charge in [0.1, 0.15) is 5.75 Å². The molecule has 0 spiro atoms. The Morgan fingerprint density at radius 3 is 2.40 bits per heavy atom. The van der Waals surface area contributed by atoms with Gasteiger partial charge in [0.05, 0.1) is 28.5 Å². The predicted octanol–water partition coefficient (Wildman–Crippen LogP) is 4.05. The molecule has 202 valence electrons. The molecule has 1 atom stereocenters. The number of carboxylic acids is 1. The number of rotatable bonds is 8. The number of thiazole rings is 1. The fourth-order valence-electron chi connectivity index (χ4n) is 4.36. The topological polar surface area (TPSA) is 107 Å². The van der Waals surface area contributed by atoms with Gasteiger partial charge in [-0.2, -0.15) is 0 Å². The van der Waals surface area contributed by atoms with Gasteiger partial charge in [-0.15, -0.1) is 0 Å². The molecule has 1 aliphatic rings. The van der Waals surface area contributed by atoms with E-state index in [0.717, 1.165) is 5.56 Å². The zero-order valence-electron chi connectivity index (χ0n) is 21.2. The van der Waals surface area contributed by atoms with Crippen LogP contribution in [0.25, 0.3) is 11.8 Å². The lowest BCUT2D eigenvalue weighted by Gasteiger charge is -2.25. The highest BCUT2D eigenvalue weighted by Gasteiger charge is 2.35. The Morgan fingerprint density at radius 2 is 1.75 bits per heavy atom. The van der Waals surface area contributed by atoms with Crippen molar-refractivity contribution in [3.05, 3.63) is 126 Å². The van der Waals surface area contributed by atoms with Crippen molar-refractivity contribution in [1.82, 2.24) is 4.57 Å². The first-order valence-corrected chi connectivity index (χ1v) is 13.5. The van der Waals surface area contributed by atoms with Crippen LogP contribution in [0.4, 0.5) is 0 Å². The lowest BCUT2D eigenvalue weighted by atomic mass is 9.93. The quantitative estimate of drug-likeness (QED) is 0.318. The summed E-state index contributed by atoms with van der Waals surface area (Å²) in [5.41, 5.74) is 2.50. The monoisotopic (exact) mass is 574 g/mol. The fourth-order valence-corrected chi connectivity index (χ4v) is 5.48. The molecule has 8 nitrogen and oxygen atoms in total. The number of hydrogen-bond acceptors (Lipinski definition) is 7. The third kappa shape index (κ3) is 5.61. The molecule has 0 radical (unpaired) electrons. The first-order chi connectivity index (χ1) is 19.4. The zero-order chi connectivity index (χ0) is 28.2. The van der Waals surface area contributed by atoms with Crippen LogP contribution in [-0.4, -0.2) is 34.8 Å². The number of fused-ring (bicyclic) bond motifs is 1. The maximum Gasteiger partial charge on any atom is 0.341 e. The van der Waals surface area contributed by atoms with Gasteiger partial charge < -0.3 is 14.6 Å². The van der Waals surface area contributed by atoms with Gasteiger partial charge in [-0.05, 0) is 48.4 Å². The van der Waals surface area contributed by atoms with E-state index in [1.807, 2.05) is 30.3 Å². The Bertz CT molecular complexity index is 1780. The van der Waals surface area contributed by atoms with E-state index in [0.29, 0.717) is 36.9 Å². The lowest BCUT2D eigenvalue weighted by Crippen LogP contribution is -2.40. The first kappa shape index (κ1) is 27.1. The van der Waals surface area contributed by atoms with Gasteiger partial charge in [0.2, 0.25) is 0 Å². The molecule has 4 aromatic rings. The van der Waals surface area contributed by atoms with Crippen molar-refractivity contribution in [3.63, 3.8) is 0 Å². The molecule has 0 unspecified atom stereocenters. The number of halogens is 1. The van der Waals surface area contributed by atoms with E-state index >= 15 is 0 Å². The zero-order valence-corrected chi connectivity index (χ0v) is 22.8. The number of hydrogen-bond donors (Lipinski definition) is 1. The van der Waals surface area contributed by atoms with Gasteiger partial charge >= 0.3 is 11.9 Å². The number of ether oxygens (including phenoxy) is 2. The van der Waals surface area contributed by atoms with Gasteiger partial charge in [-0.3, -0.25) is 9.36 Å². The molecule has 0 saturated heterocycles. The summed E-state index contributed by atoms with van der Waals surface area (Å²) >= 11 is 7.37. The molecule has 1 N–H and O–H groups in total. The molecule has 0 amide bonds. The number of carboxylic acid groups (broad SMARTS) is 1. The van der Waals surface area contributed by atoms with Gasteiger partial charge in [-0.1, -0.05) is 77.5 Å². The number of benzene rings is 3. The Labute approximate surface area is 237 Å². The minimum absolute atomic E-state index is 0.161. The maximum absolute atomic E-state index is 13.9. The summed E-state index contributed by atoms with van der Waals surface area (Å²) in [7, 11) is 0. The summed E-state index contributed by atoms with van der Waals surface area (Å²) in [4.78, 5) is 43.3. The molecule has 10 heteroatoms. The van der Waals surface area contributed by atoms with E-state index in [4.69, 9.17) is 31.2 Å². The minimum Gasteiger partial charge on any atom is -0.482 e. The number of aromatic nitrogens is 1. The Morgan fingerprint density at radius 1 is 1.05 bits per heavy atom. The molecule has 0 bridgehead atoms. The van der Waals surface area contributed by atoms with E-state index in [1.54, 1.807) is 61.5 Å². The SMILES string of the molecule is CCOC(=O)C1=C(c2ccccc2)N=c2s/c(=C\c3ccc(OCC(=O)O)cc3)c(=O)n2[C@H]1c1ccc(Cl)cc1. The standard InChI is InChI=1S/C30H23ClN2O6S/c1-2-38-29(37)25-26(19-6-4-3-5-7-19)32-30-33(27(25)20-10-12-21(31)13-11-20)28(36)23(40-30)16-18-8-14-22(15-9-18)39-17-24(34)35/h3-16,27H,2,17H2,1H3,(H,34,35)/b23-16-/t27-/m0/s1. The van der Waals surface area contributed by atoms with Crippen molar-refractivity contribution in [1.29, 1.82) is 0 Å². The maximum atomic E-state index is 13.9. The van der Waals surface area contributed by atoms with E-state index in [1.165, 1.54) is 15.9 Å². The highest BCUT2D eigenvalue weighted by atomic mass is 35.5. The van der Waals surface area contributed by atoms with Crippen LogP contribution in [0.5, 0.6) is 5.75 Å². The van der Waals surface area contributed by atoms with Crippen molar-refractivity contribution in [2.45, 2.75) is 13.0 Å². The molecule has 0 aliphatic carbocycles. The fraction of sp³-hybridized carbons (Fsp3) is 0.133. The minimum atomic E-state index is -1.07. The van der Waals surface area contributed by atoms with Crippen molar-refractivity contribution < 1.29 is 24.2 Å². The van der Waals surface area contributed by atoms with E-state index in [2.05, 4.69) is 0 Å². The second-order valence-corrected chi connectivity index (χ2v) is 10.2. The summed E-state index contributed by atoms with van der Waals surface area (Å²) in [6.07, 6.45) is 1.72. The molecular formula is C30H23ClN2O6S. The molecule has 5 rings (SSSR count). The highest BCUT2D eigenvalue weighted by molar-refractivity contribution is 7.07. The summed E-state index contributed by atoms with van der Waals surface area (Å²) in [6.45, 7) is 1.44. The van der Waals surface area contributed by atoms with Gasteiger partial charge in [-0.25, -0.2) is 14.6 Å². The number of esters is 1. The van der Waals surface area contributed by atoms with E-state index in [9.17, 15) is 14.4 Å². The average Bonchev–Trinajstić information content (AvgIpc) is 3.27. The van der Waals surface area contributed by atoms with Gasteiger partial charge in [0.25, 0.3) is 5.56 Å². The average molecular weight is 575 g/mol. The van der Waals surface area contributed by atoms with Gasteiger partial charge in [0.15, 0.2) is 11.4 Å². The number of aliphatic carboxylic acids is 1. The van der Waals surface area contributed by atoms with Crippen LogP contribution < -0.4 is 19.6 Å². The third-order valence-electron chi connectivity index (χ3n) is 6.10. The van der Waals surface area contributed by atoms with Crippen molar-refractivity contribution >= 4 is 46.6 Å². The van der Waals surface area contributed by atoms with Crippen LogP contribution in [0.15, 0.2) is 94.2 Å². The number of carbonyl (C=O) groups is 2. The van der Waals surface area contributed by atoms with E-state index in [-0.39, 0.29) is 17.7 Å². The Kier molecular flexibility index (Phi) is 7.95. The molecule has 0 fully saturated rings. The molecule has 2 heterocycles. The van der Waals surface area contributed by atoms with Crippen molar-refractivity contribution in [3.8, 4) is 5.75 Å². The van der Waals surface area contributed by atoms with E-state index < -0.39 is 24.6 Å². The molecule has 1 aromatic heterocycles. The van der Waals surface area contributed by atoms with Gasteiger partial charge in [0, 0.05) is 10.6 Å². The molecular weight excluding hydrogens is 552 g/mol. The molecule has 3 aromatic carbocycles. The number of nitrogens with zero attached hydrogens (tertiary/aromatic N) is 2. The molecule has 0 saturated carbocycles. The summed E-state index contributed by atoms with van der Waals surface area (Å²) in [6, 6.07) is 22.2. The smallest absolute Gasteiger partial charge is 0.341 e. The van der Waals surface area contributed by atoms with Crippen LogP contribution in [0.3, 0.4) is 0 Å². The lowest BCUT2D eigenvalue weighted by molar-refractivity contribution is -0.140. The highest BCUT2D eigenvalue weighted by Crippen LogP contribution is 2.35. The third-order valence-corrected chi connectivity index (χ3v) is 7.33. The second kappa shape index (κ2) is 11.7. The largest absolute Gasteiger partial charge is 0.482 e. The molecule has 1 aliphatic heterocycles. The Balaban J connectivity index is 1.70. The van der Waals surface area contributed by atoms with Crippen molar-refractivity contribution in [2.24, 2.45) is 4.99 Å². The second-order valence-electron chi connectivity index (χ2n) is 8.73. The van der Waals surface area contributed by atoms with Crippen LogP contribution in [0.2, 0.25) is 5.02 Å². The predicted molar refractivity (Wildman–Crippen MR) is 152 cm³/mol.